The summed E-state index contributed by atoms with van der Waals surface area (Å²) in [5, 5.41) is 33.9. The largest absolute Gasteiger partial charge is 0.393 e. The van der Waals surface area contributed by atoms with E-state index in [4.69, 9.17) is 0 Å². The van der Waals surface area contributed by atoms with Crippen LogP contribution >= 0.6 is 0 Å². The Balaban J connectivity index is 0.000000173. The van der Waals surface area contributed by atoms with Gasteiger partial charge in [0.2, 0.25) is 14.8 Å². The van der Waals surface area contributed by atoms with E-state index in [9.17, 15) is 67.3 Å². The number of rotatable bonds is 20. The van der Waals surface area contributed by atoms with Crippen molar-refractivity contribution in [2.75, 3.05) is 25.0 Å². The Morgan fingerprint density at radius 2 is 0.734 bits per heavy atom. The predicted molar refractivity (Wildman–Crippen MR) is 506 cm³/mol. The molecule has 13 aliphatic carbocycles. The Bertz CT molecular complexity index is 4540. The zero-order chi connectivity index (χ0) is 91.5. The fraction of sp³-hybridized carbons (Fsp3) is 0.657. The lowest BCUT2D eigenvalue weighted by Crippen LogP contribution is -2.36. The van der Waals surface area contributed by atoms with Gasteiger partial charge >= 0.3 is 5.25 Å². The average Bonchev–Trinajstić information content (AvgIpc) is 1.61. The molecule has 4 N–H and O–H groups in total. The van der Waals surface area contributed by atoms with E-state index < -0.39 is 59.1 Å². The second-order valence-electron chi connectivity index (χ2n) is 41.9. The van der Waals surface area contributed by atoms with E-state index >= 15 is 0 Å². The molecule has 0 spiro atoms. The first-order valence-corrected chi connectivity index (χ1v) is 54.2. The summed E-state index contributed by atoms with van der Waals surface area (Å²) in [4.78, 5) is 0. The van der Waals surface area contributed by atoms with E-state index in [1.807, 2.05) is 19.1 Å². The van der Waals surface area contributed by atoms with Gasteiger partial charge in [0.05, 0.1) is 33.9 Å². The Morgan fingerprint density at radius 1 is 0.403 bits per heavy atom. The molecule has 0 aromatic heterocycles. The minimum Gasteiger partial charge on any atom is -0.393 e. The number of alkyl halides is 3. The minimum atomic E-state index is -4.48. The standard InChI is InChI=1S/C27H38O3S.C27H42O3S.C26H39FO3S.C25H34F2O3S/c1-19-7-10-23(28)18-22(19)9-8-21-6-5-14-26(3)24(11-12-25(21)26)20(2)13-15-27(16-17-27)31(4,29)30;1-19-9-12-23(28)18-22(19)11-10-21-8-7-16-27(5)24(13-14-25(21)27)20(2)15-17-26(3,4)31(6,29)30;1-18-8-11-22(28)17-21(18)10-9-20-7-6-15-25(3)23(12-13-24(20)25)19(2)14-16-26(4,27)31(5,29)30;1-17-7-10-21(28)16-20(17)9-8-19-6-5-14-24(3)22(11-12-23(19)24)18(2)13-15-25(26,27)31(4,29)30/h8-9,11,13,15,20,23,25,28H,1,5-7,10,12,14,16-18H2,2-4H3;10-11,15,17,20,23-25,28H,1,7-9,12-14,16,18H2,2-6H3;9-10,14,16,19,22-24,28H,1,6-8,11-13,15,17H2,2-5H3;8-9,11,13,15,18,21,23,28H,1,5-7,10,12,14,16H2,2-4H3/b15-13+,21-8+,22-9-;17-15+,21-10+,22-11-;16-14+,20-9+,21-10-;15-13+,19-8+,20-9-/t20-,23+,25+,26-;20?,23-,24?,25-,27+;19-,22-,23?,24-,25+,26+;18?,21-,23-,24+/m1000/s1. The summed E-state index contributed by atoms with van der Waals surface area (Å²) in [5.74, 6) is 3.43. The lowest BCUT2D eigenvalue weighted by atomic mass is 9.61. The van der Waals surface area contributed by atoms with Crippen LogP contribution in [0.4, 0.5) is 13.2 Å². The van der Waals surface area contributed by atoms with Crippen molar-refractivity contribution in [3.8, 4) is 0 Å². The number of aliphatic hydroxyl groups is 4. The van der Waals surface area contributed by atoms with Crippen LogP contribution < -0.4 is 0 Å². The summed E-state index contributed by atoms with van der Waals surface area (Å²) in [6.45, 7) is 39.3. The van der Waals surface area contributed by atoms with Gasteiger partial charge in [0.1, 0.15) is 0 Å². The average molecular weight is 1790 g/mol. The molecule has 0 aromatic rings. The highest BCUT2D eigenvalue weighted by Gasteiger charge is 2.55. The number of sulfone groups is 4. The molecular weight excluding hydrogens is 1640 g/mol. The van der Waals surface area contributed by atoms with Crippen LogP contribution in [0, 0.1) is 80.8 Å². The van der Waals surface area contributed by atoms with Gasteiger partial charge in [-0.1, -0.05) is 235 Å². The van der Waals surface area contributed by atoms with Crippen LogP contribution in [-0.2, 0) is 39.3 Å². The van der Waals surface area contributed by atoms with Crippen molar-refractivity contribution in [2.24, 2.45) is 80.8 Å². The third-order valence-electron chi connectivity index (χ3n) is 32.7. The lowest BCUT2D eigenvalue weighted by Gasteiger charge is -2.44. The van der Waals surface area contributed by atoms with E-state index in [0.29, 0.717) is 66.6 Å². The highest BCUT2D eigenvalue weighted by Crippen LogP contribution is 2.63. The molecule has 19 atom stereocenters. The molecular formula is C105H153F3O12S4. The Hall–Kier alpha value is -5.25. The normalized spacial score (nSPS) is 36.1. The third-order valence-corrected chi connectivity index (χ3v) is 39.5. The van der Waals surface area contributed by atoms with E-state index in [1.54, 1.807) is 25.5 Å². The predicted octanol–water partition coefficient (Wildman–Crippen LogP) is 24.0. The quantitative estimate of drug-likeness (QED) is 0.0837. The number of hydrogen-bond acceptors (Lipinski definition) is 12. The van der Waals surface area contributed by atoms with Gasteiger partial charge in [-0.25, -0.2) is 38.1 Å². The van der Waals surface area contributed by atoms with Crippen LogP contribution in [0.5, 0.6) is 0 Å². The van der Waals surface area contributed by atoms with Gasteiger partial charge in [-0.05, 0) is 342 Å². The van der Waals surface area contributed by atoms with Gasteiger partial charge in [0.25, 0.3) is 0 Å². The number of aliphatic hydroxyl groups excluding tert-OH is 4. The molecule has 0 radical (unpaired) electrons. The second kappa shape index (κ2) is 39.8. The van der Waals surface area contributed by atoms with Crippen molar-refractivity contribution < 1.29 is 67.3 Å². The van der Waals surface area contributed by atoms with Gasteiger partial charge in [-0.2, -0.15) is 8.78 Å². The first-order valence-electron chi connectivity index (χ1n) is 46.7. The van der Waals surface area contributed by atoms with Crippen molar-refractivity contribution in [3.63, 3.8) is 0 Å². The van der Waals surface area contributed by atoms with Crippen molar-refractivity contribution in [1.29, 1.82) is 0 Å². The molecule has 13 rings (SSSR count). The Kier molecular flexibility index (Phi) is 32.4. The Labute approximate surface area is 746 Å². The molecule has 4 unspecified atom stereocenters. The van der Waals surface area contributed by atoms with Gasteiger partial charge in [0.15, 0.2) is 29.5 Å². The van der Waals surface area contributed by atoms with Crippen LogP contribution in [0.1, 0.15) is 282 Å². The van der Waals surface area contributed by atoms with Crippen LogP contribution in [0.2, 0.25) is 0 Å². The third kappa shape index (κ3) is 23.2. The highest BCUT2D eigenvalue weighted by molar-refractivity contribution is 7.93. The molecule has 124 heavy (non-hydrogen) atoms. The van der Waals surface area contributed by atoms with Crippen LogP contribution in [0.15, 0.2) is 214 Å². The SMILES string of the molecule is C=C1CC[C@H](O)C/C1=C/C=C1\CCC[C@]2(C)C(C(C)/C=C/C(C)(C)S(C)(=O)=O)CC[C@@H]12.C=C1CC[C@H](O)C/C1=C/C=C1\CCC[C@]2(C)C(C(C)/C=C/C(F)(F)S(C)(=O)=O)=CC[C@@H]12.C=C1CC[C@H](O)C/C1=C/C=C1\CCC[C@]2(C)C([C@@H](C)/C=C/[C@](C)(F)S(C)(=O)=O)CC[C@@H]12.C=C1CC[C@H](O)C/C1=C/C=C1\CCC[C@]2(C)C([C@H](C)/C=C/C3(S(C)(=O)=O)CC3)=CC[C@@H]12. The van der Waals surface area contributed by atoms with Gasteiger partial charge in [-0.15, -0.1) is 0 Å². The topological polar surface area (TPSA) is 217 Å². The van der Waals surface area contributed by atoms with Crippen molar-refractivity contribution >= 4 is 39.3 Å². The van der Waals surface area contributed by atoms with Crippen LogP contribution in [0.25, 0.3) is 0 Å². The summed E-state index contributed by atoms with van der Waals surface area (Å²) in [6, 6.07) is 0. The number of hydrogen-bond donors (Lipinski definition) is 4. The summed E-state index contributed by atoms with van der Waals surface area (Å²) in [6.07, 6.45) is 69.9. The van der Waals surface area contributed by atoms with Gasteiger partial charge < -0.3 is 20.4 Å². The maximum Gasteiger partial charge on any atom is 0.363 e. The minimum absolute atomic E-state index is 0.115. The maximum absolute atomic E-state index is 14.6. The summed E-state index contributed by atoms with van der Waals surface area (Å²) in [5.41, 5.74) is 18.3. The van der Waals surface area contributed by atoms with Crippen molar-refractivity contribution in [2.45, 2.75) is 326 Å². The molecule has 0 amide bonds. The summed E-state index contributed by atoms with van der Waals surface area (Å²) in [7, 11) is -14.4. The smallest absolute Gasteiger partial charge is 0.363 e. The lowest BCUT2D eigenvalue weighted by molar-refractivity contribution is 0.112. The molecule has 11 saturated carbocycles. The number of fused-ring (bicyclic) bond motifs is 4. The van der Waals surface area contributed by atoms with Crippen molar-refractivity contribution in [3.05, 3.63) is 214 Å². The molecule has 0 aromatic carbocycles. The molecule has 0 bridgehead atoms. The van der Waals surface area contributed by atoms with Crippen LogP contribution in [0.3, 0.4) is 0 Å². The zero-order valence-corrected chi connectivity index (χ0v) is 81.0. The molecule has 0 aliphatic heterocycles. The fourth-order valence-electron chi connectivity index (χ4n) is 23.9. The number of allylic oxidation sites excluding steroid dienone is 24. The molecule has 11 fully saturated rings. The zero-order valence-electron chi connectivity index (χ0n) is 77.8. The molecule has 0 heterocycles. The fourth-order valence-corrected chi connectivity index (χ4v) is 26.0. The monoisotopic (exact) mass is 1790 g/mol. The maximum atomic E-state index is 14.6. The molecule has 0 saturated heterocycles. The first kappa shape index (κ1) is 101. The summed E-state index contributed by atoms with van der Waals surface area (Å²) < 4.78 is 135. The first-order chi connectivity index (χ1) is 57.6. The van der Waals surface area contributed by atoms with E-state index in [-0.39, 0.29) is 63.8 Å². The van der Waals surface area contributed by atoms with E-state index in [1.165, 1.54) is 113 Å². The van der Waals surface area contributed by atoms with E-state index in [2.05, 4.69) is 148 Å². The van der Waals surface area contributed by atoms with E-state index in [0.717, 1.165) is 190 Å². The molecule has 13 aliphatic rings. The molecule has 12 nitrogen and oxygen atoms in total. The second-order valence-corrected chi connectivity index (χ2v) is 51.3. The van der Waals surface area contributed by atoms with Crippen LogP contribution in [-0.4, -0.2) is 123 Å². The molecule has 19 heteroatoms. The van der Waals surface area contributed by atoms with Crippen molar-refractivity contribution in [1.82, 2.24) is 0 Å². The van der Waals surface area contributed by atoms with Gasteiger partial charge in [-0.3, -0.25) is 0 Å². The molecule has 690 valence electrons. The highest BCUT2D eigenvalue weighted by atomic mass is 32.2. The van der Waals surface area contributed by atoms with Gasteiger partial charge in [0, 0.05) is 25.0 Å². The Morgan fingerprint density at radius 3 is 1.06 bits per heavy atom. The summed E-state index contributed by atoms with van der Waals surface area (Å²) >= 11 is 0. The number of halogens is 3.